The molecule has 1 aromatic rings. The van der Waals surface area contributed by atoms with Crippen molar-refractivity contribution in [1.29, 1.82) is 0 Å². The topological polar surface area (TPSA) is 114 Å². The Morgan fingerprint density at radius 1 is 0.814 bits per heavy atom. The number of hydrogen-bond donors (Lipinski definition) is 0. The lowest BCUT2D eigenvalue weighted by Crippen LogP contribution is -2.59. The third kappa shape index (κ3) is 8.31. The highest BCUT2D eigenvalue weighted by atomic mass is 16.7. The van der Waals surface area contributed by atoms with E-state index in [0.717, 1.165) is 50.5 Å². The summed E-state index contributed by atoms with van der Waals surface area (Å²) in [6.07, 6.45) is 6.12. The van der Waals surface area contributed by atoms with Crippen LogP contribution < -0.4 is 4.90 Å². The van der Waals surface area contributed by atoms with Gasteiger partial charge in [0.2, 0.25) is 0 Å². The van der Waals surface area contributed by atoms with Gasteiger partial charge in [-0.2, -0.15) is 0 Å². The summed E-state index contributed by atoms with van der Waals surface area (Å²) in [6, 6.07) is 11.4. The zero-order chi connectivity index (χ0) is 41.7. The average Bonchev–Trinajstić information content (AvgIpc) is 3.63. The molecule has 0 radical (unpaired) electrons. The van der Waals surface area contributed by atoms with E-state index in [2.05, 4.69) is 74.2 Å². The van der Waals surface area contributed by atoms with Gasteiger partial charge in [-0.15, -0.1) is 0 Å². The van der Waals surface area contributed by atoms with Crippen molar-refractivity contribution in [2.24, 2.45) is 35.5 Å². The largest absolute Gasteiger partial charge is 0.462 e. The molecular weight excluding hydrogens is 753 g/mol. The summed E-state index contributed by atoms with van der Waals surface area (Å²) in [6.45, 7) is 8.24. The fourth-order valence-corrected chi connectivity index (χ4v) is 12.6. The maximum Gasteiger partial charge on any atom is 0.306 e. The third-order valence-electron chi connectivity index (χ3n) is 15.5. The molecule has 4 aliphatic heterocycles. The first kappa shape index (κ1) is 43.2. The number of likely N-dealkylation sites (N-methyl/N-ethyl adjacent to an activating group) is 1. The Kier molecular flexibility index (Phi) is 13.3. The number of cyclic esters (lactones) is 1. The van der Waals surface area contributed by atoms with Crippen LogP contribution in [-0.2, 0) is 47.5 Å². The first-order valence-electron chi connectivity index (χ1n) is 22.6. The second kappa shape index (κ2) is 18.1. The number of ketones is 1. The van der Waals surface area contributed by atoms with Crippen LogP contribution in [0.3, 0.4) is 0 Å². The van der Waals surface area contributed by atoms with Crippen LogP contribution in [-0.4, -0.2) is 132 Å². The van der Waals surface area contributed by atoms with E-state index >= 15 is 4.79 Å². The molecule has 4 unspecified atom stereocenters. The fourth-order valence-electron chi connectivity index (χ4n) is 12.6. The molecule has 6 fully saturated rings. The lowest BCUT2D eigenvalue weighted by atomic mass is 9.66. The number of hydrogen-bond acceptors (Lipinski definition) is 12. The zero-order valence-corrected chi connectivity index (χ0v) is 36.8. The number of nitrogens with zero attached hydrogens (tertiary/aromatic N) is 2. The van der Waals surface area contributed by atoms with Crippen molar-refractivity contribution in [3.63, 3.8) is 0 Å². The second-order valence-corrected chi connectivity index (χ2v) is 18.8. The van der Waals surface area contributed by atoms with E-state index in [1.165, 1.54) is 5.69 Å². The van der Waals surface area contributed by atoms with Crippen molar-refractivity contribution in [2.45, 2.75) is 165 Å². The summed E-state index contributed by atoms with van der Waals surface area (Å²) in [5, 5.41) is 0. The first-order chi connectivity index (χ1) is 28.5. The van der Waals surface area contributed by atoms with Gasteiger partial charge in [-0.25, -0.2) is 0 Å². The Balaban J connectivity index is 1.10. The number of fused-ring (bicyclic) bond motifs is 8. The van der Waals surface area contributed by atoms with Crippen molar-refractivity contribution in [1.82, 2.24) is 4.90 Å². The standard InChI is InChI=1S/C47H70N2O10/c1-10-29-17-14-18-37(59-39-20-19-36(48(5)6)26(3)55-39)25(2)43(51)35-23-32-31-21-30(58-47-46(54-9)45(53-8)44(52-7)27(4)56-47)22-34(31)41-42(40(32)33(35)24-38(50)57-29)49(41)28-15-12-11-13-16-28/h11-13,15-16,23,25-27,29-34,36-37,39-42,44-47H,10,14,17-22,24H2,1-9H3/t25-,26?,27?,29+,30+,31+,32+,33-,34-,36+,37+,39+,40-,41-,42+,44+,45?,46?,47+,49?/m1/s1. The number of allylic oxidation sites excluding steroid dienone is 2. The summed E-state index contributed by atoms with van der Waals surface area (Å²) in [5.74, 6) is 0.0677. The number of carbonyl (C=O) groups excluding carboxylic acids is 2. The Labute approximate surface area is 351 Å². The van der Waals surface area contributed by atoms with Gasteiger partial charge in [0.1, 0.15) is 24.4 Å². The Bertz CT molecular complexity index is 1640. The van der Waals surface area contributed by atoms with Crippen LogP contribution >= 0.6 is 0 Å². The number of para-hydroxylation sites is 1. The SMILES string of the molecule is CC[C@H]1CCC[C@H](O[C@H]2CC[C@H](N(C)C)C(C)O2)[C@@H](C)C(=O)C2=C[C@H]3[C@@H]4C[C@H](O[C@@H]5OC(C)[C@H](OC)C(OC)C5OC)C[C@H]4[C@@H]4[C@H]([C@H]3[C@@H]2CC(=O)O1)N4c1ccccc1. The highest BCUT2D eigenvalue weighted by molar-refractivity contribution is 5.99. The van der Waals surface area contributed by atoms with Gasteiger partial charge in [0.05, 0.1) is 42.9 Å². The second-order valence-electron chi connectivity index (χ2n) is 18.8. The molecule has 0 N–H and O–H groups in total. The molecule has 0 aromatic heterocycles. The quantitative estimate of drug-likeness (QED) is 0.198. The predicted molar refractivity (Wildman–Crippen MR) is 222 cm³/mol. The van der Waals surface area contributed by atoms with Gasteiger partial charge in [0.15, 0.2) is 18.4 Å². The number of carbonyl (C=O) groups is 2. The zero-order valence-electron chi connectivity index (χ0n) is 36.8. The Morgan fingerprint density at radius 2 is 1.54 bits per heavy atom. The number of ether oxygens (including phenoxy) is 8. The van der Waals surface area contributed by atoms with Gasteiger partial charge in [-0.3, -0.25) is 9.59 Å². The molecule has 3 aliphatic carbocycles. The van der Waals surface area contributed by atoms with Crippen LogP contribution in [0.2, 0.25) is 0 Å². The number of anilines is 1. The molecule has 4 saturated heterocycles. The summed E-state index contributed by atoms with van der Waals surface area (Å²) in [7, 11) is 9.21. The molecule has 0 spiro atoms. The number of Topliss-reactive ketones (excluding diaryl/α,β-unsaturated/α-hetero) is 1. The molecular formula is C47H70N2O10. The number of benzene rings is 1. The minimum atomic E-state index is -0.616. The van der Waals surface area contributed by atoms with Crippen molar-refractivity contribution in [3.05, 3.63) is 42.0 Å². The molecule has 1 aromatic carbocycles. The van der Waals surface area contributed by atoms with Gasteiger partial charge in [0, 0.05) is 44.9 Å². The Hall–Kier alpha value is -2.42. The van der Waals surface area contributed by atoms with E-state index in [9.17, 15) is 4.79 Å². The fraction of sp³-hybridized carbons (Fsp3) is 0.787. The first-order valence-corrected chi connectivity index (χ1v) is 22.6. The molecule has 8 rings (SSSR count). The van der Waals surface area contributed by atoms with E-state index in [-0.39, 0.29) is 109 Å². The Morgan fingerprint density at radius 3 is 2.22 bits per heavy atom. The van der Waals surface area contributed by atoms with Crippen LogP contribution in [0, 0.1) is 35.5 Å². The molecule has 19 atom stereocenters. The van der Waals surface area contributed by atoms with Gasteiger partial charge in [-0.05, 0) is 121 Å². The normalized spacial score (nSPS) is 45.0. The summed E-state index contributed by atoms with van der Waals surface area (Å²) in [4.78, 5) is 33.9. The molecule has 328 valence electrons. The number of rotatable bonds is 10. The van der Waals surface area contributed by atoms with Crippen LogP contribution in [0.4, 0.5) is 5.69 Å². The highest BCUT2D eigenvalue weighted by Gasteiger charge is 2.69. The molecule has 4 heterocycles. The monoisotopic (exact) mass is 823 g/mol. The molecule has 12 nitrogen and oxygen atoms in total. The third-order valence-corrected chi connectivity index (χ3v) is 15.5. The number of methoxy groups -OCH3 is 3. The van der Waals surface area contributed by atoms with Crippen molar-refractivity contribution >= 4 is 17.4 Å². The van der Waals surface area contributed by atoms with E-state index in [0.29, 0.717) is 18.4 Å². The summed E-state index contributed by atoms with van der Waals surface area (Å²) < 4.78 is 50.5. The van der Waals surface area contributed by atoms with Crippen LogP contribution in [0.25, 0.3) is 0 Å². The van der Waals surface area contributed by atoms with Crippen LogP contribution in [0.15, 0.2) is 42.0 Å². The molecule has 12 heteroatoms. The van der Waals surface area contributed by atoms with Gasteiger partial charge in [0.25, 0.3) is 0 Å². The minimum Gasteiger partial charge on any atom is -0.462 e. The highest BCUT2D eigenvalue weighted by Crippen LogP contribution is 2.65. The van der Waals surface area contributed by atoms with Gasteiger partial charge < -0.3 is 47.7 Å². The van der Waals surface area contributed by atoms with Crippen LogP contribution in [0.5, 0.6) is 0 Å². The van der Waals surface area contributed by atoms with Crippen molar-refractivity contribution in [2.75, 3.05) is 40.3 Å². The van der Waals surface area contributed by atoms with Crippen LogP contribution in [0.1, 0.15) is 85.5 Å². The smallest absolute Gasteiger partial charge is 0.306 e. The van der Waals surface area contributed by atoms with Crippen molar-refractivity contribution in [3.8, 4) is 0 Å². The predicted octanol–water partition coefficient (Wildman–Crippen LogP) is 6.19. The van der Waals surface area contributed by atoms with E-state index in [1.807, 2.05) is 13.8 Å². The lowest BCUT2D eigenvalue weighted by molar-refractivity contribution is -0.314. The van der Waals surface area contributed by atoms with E-state index in [4.69, 9.17) is 37.9 Å². The summed E-state index contributed by atoms with van der Waals surface area (Å²) in [5.41, 5.74) is 1.98. The average molecular weight is 823 g/mol. The molecule has 2 saturated carbocycles. The minimum absolute atomic E-state index is 0.0262. The summed E-state index contributed by atoms with van der Waals surface area (Å²) >= 11 is 0. The maximum absolute atomic E-state index is 15.1. The molecule has 0 amide bonds. The van der Waals surface area contributed by atoms with Gasteiger partial charge in [-0.1, -0.05) is 38.1 Å². The molecule has 7 aliphatic rings. The molecule has 0 bridgehead atoms. The van der Waals surface area contributed by atoms with Crippen molar-refractivity contribution < 1.29 is 47.5 Å². The van der Waals surface area contributed by atoms with Gasteiger partial charge >= 0.3 is 5.97 Å². The maximum atomic E-state index is 15.1. The van der Waals surface area contributed by atoms with E-state index in [1.54, 1.807) is 21.3 Å². The number of esters is 1. The lowest BCUT2D eigenvalue weighted by Gasteiger charge is -2.44. The van der Waals surface area contributed by atoms with E-state index < -0.39 is 12.4 Å². The molecule has 59 heavy (non-hydrogen) atoms.